The molecule has 6 heteroatoms. The summed E-state index contributed by atoms with van der Waals surface area (Å²) in [5, 5.41) is 2.82. The quantitative estimate of drug-likeness (QED) is 0.622. The second-order valence-corrected chi connectivity index (χ2v) is 8.10. The fraction of sp³-hybridized carbons (Fsp3) is 0.308. The van der Waals surface area contributed by atoms with Crippen LogP contribution < -0.4 is 10.1 Å². The molecule has 1 saturated heterocycles. The summed E-state index contributed by atoms with van der Waals surface area (Å²) in [6.07, 6.45) is 4.12. The van der Waals surface area contributed by atoms with E-state index in [1.165, 1.54) is 0 Å². The first-order valence-corrected chi connectivity index (χ1v) is 10.8. The van der Waals surface area contributed by atoms with Crippen LogP contribution in [0.2, 0.25) is 0 Å². The van der Waals surface area contributed by atoms with Crippen molar-refractivity contribution in [2.45, 2.75) is 18.6 Å². The lowest BCUT2D eigenvalue weighted by molar-refractivity contribution is -0.160. The molecule has 1 atom stereocenters. The number of amides is 1. The highest BCUT2D eigenvalue weighted by Crippen LogP contribution is 2.27. The van der Waals surface area contributed by atoms with E-state index in [1.807, 2.05) is 36.5 Å². The SMILES string of the molecule is CNC(=O)C1(Cc2ccc(-c3cccnc3)cc2)CN(Cc2cccc(OC)c2)CCO1. The van der Waals surface area contributed by atoms with Crippen molar-refractivity contribution in [2.75, 3.05) is 33.9 Å². The average Bonchev–Trinajstić information content (AvgIpc) is 2.85. The van der Waals surface area contributed by atoms with Crippen molar-refractivity contribution in [3.05, 3.63) is 84.2 Å². The molecule has 1 aromatic heterocycles. The lowest BCUT2D eigenvalue weighted by atomic mass is 9.90. The monoisotopic (exact) mass is 431 g/mol. The van der Waals surface area contributed by atoms with E-state index in [0.29, 0.717) is 19.6 Å². The Balaban J connectivity index is 1.52. The summed E-state index contributed by atoms with van der Waals surface area (Å²) in [6.45, 7) is 2.54. The van der Waals surface area contributed by atoms with E-state index in [-0.39, 0.29) is 5.91 Å². The number of carbonyl (C=O) groups excluding carboxylic acids is 1. The highest BCUT2D eigenvalue weighted by atomic mass is 16.5. The molecule has 0 spiro atoms. The van der Waals surface area contributed by atoms with Crippen molar-refractivity contribution in [1.82, 2.24) is 15.2 Å². The third kappa shape index (κ3) is 4.98. The molecule has 0 aliphatic carbocycles. The summed E-state index contributed by atoms with van der Waals surface area (Å²) < 4.78 is 11.5. The van der Waals surface area contributed by atoms with Gasteiger partial charge in [0.1, 0.15) is 5.75 Å². The van der Waals surface area contributed by atoms with Gasteiger partial charge in [0.25, 0.3) is 5.91 Å². The van der Waals surface area contributed by atoms with Crippen LogP contribution in [0.4, 0.5) is 0 Å². The van der Waals surface area contributed by atoms with Crippen molar-refractivity contribution >= 4 is 5.91 Å². The van der Waals surface area contributed by atoms with Crippen LogP contribution in [0, 0.1) is 0 Å². The second-order valence-electron chi connectivity index (χ2n) is 8.10. The van der Waals surface area contributed by atoms with Gasteiger partial charge in [0.15, 0.2) is 5.60 Å². The van der Waals surface area contributed by atoms with Gasteiger partial charge in [0.05, 0.1) is 13.7 Å². The zero-order chi connectivity index (χ0) is 22.4. The summed E-state index contributed by atoms with van der Waals surface area (Å²) >= 11 is 0. The van der Waals surface area contributed by atoms with Gasteiger partial charge < -0.3 is 14.8 Å². The van der Waals surface area contributed by atoms with E-state index in [4.69, 9.17) is 9.47 Å². The molecule has 32 heavy (non-hydrogen) atoms. The van der Waals surface area contributed by atoms with E-state index in [0.717, 1.165) is 41.1 Å². The molecule has 1 fully saturated rings. The Kier molecular flexibility index (Phi) is 6.83. The Bertz CT molecular complexity index is 1040. The van der Waals surface area contributed by atoms with Crippen LogP contribution in [-0.4, -0.2) is 55.2 Å². The zero-order valence-electron chi connectivity index (χ0n) is 18.6. The third-order valence-corrected chi connectivity index (χ3v) is 5.88. The normalized spacial score (nSPS) is 18.8. The van der Waals surface area contributed by atoms with Crippen LogP contribution in [0.3, 0.4) is 0 Å². The van der Waals surface area contributed by atoms with Crippen LogP contribution >= 0.6 is 0 Å². The van der Waals surface area contributed by atoms with Crippen molar-refractivity contribution in [2.24, 2.45) is 0 Å². The smallest absolute Gasteiger partial charge is 0.253 e. The number of hydrogen-bond acceptors (Lipinski definition) is 5. The average molecular weight is 432 g/mol. The van der Waals surface area contributed by atoms with Crippen LogP contribution in [0.1, 0.15) is 11.1 Å². The summed E-state index contributed by atoms with van der Waals surface area (Å²) in [5.74, 6) is 0.742. The zero-order valence-corrected chi connectivity index (χ0v) is 18.6. The molecule has 6 nitrogen and oxygen atoms in total. The Morgan fingerprint density at radius 3 is 2.69 bits per heavy atom. The van der Waals surface area contributed by atoms with Gasteiger partial charge >= 0.3 is 0 Å². The van der Waals surface area contributed by atoms with Gasteiger partial charge in [-0.2, -0.15) is 0 Å². The molecule has 0 saturated carbocycles. The summed E-state index contributed by atoms with van der Waals surface area (Å²) in [4.78, 5) is 19.5. The molecule has 2 aromatic carbocycles. The highest BCUT2D eigenvalue weighted by Gasteiger charge is 2.43. The number of morpholine rings is 1. The van der Waals surface area contributed by atoms with Gasteiger partial charge in [-0.15, -0.1) is 0 Å². The molecule has 0 bridgehead atoms. The van der Waals surface area contributed by atoms with Crippen LogP contribution in [0.5, 0.6) is 5.75 Å². The number of ether oxygens (including phenoxy) is 2. The molecule has 1 aliphatic heterocycles. The third-order valence-electron chi connectivity index (χ3n) is 5.88. The molecular weight excluding hydrogens is 402 g/mol. The van der Waals surface area contributed by atoms with Crippen LogP contribution in [0.25, 0.3) is 11.1 Å². The molecule has 4 rings (SSSR count). The van der Waals surface area contributed by atoms with Crippen molar-refractivity contribution < 1.29 is 14.3 Å². The van der Waals surface area contributed by atoms with Crippen molar-refractivity contribution in [3.63, 3.8) is 0 Å². The standard InChI is InChI=1S/C26H29N3O3/c1-27-25(30)26(16-20-8-10-22(11-9-20)23-6-4-12-28-17-23)19-29(13-14-32-26)18-21-5-3-7-24(15-21)31-2/h3-12,15,17H,13-14,16,18-19H2,1-2H3,(H,27,30). The number of aromatic nitrogens is 1. The molecule has 2 heterocycles. The number of pyridine rings is 1. The van der Waals surface area contributed by atoms with E-state index in [9.17, 15) is 4.79 Å². The Labute approximate surface area is 189 Å². The Morgan fingerprint density at radius 2 is 1.97 bits per heavy atom. The number of carbonyl (C=O) groups is 1. The van der Waals surface area contributed by atoms with Crippen molar-refractivity contribution in [1.29, 1.82) is 0 Å². The molecule has 1 amide bonds. The number of likely N-dealkylation sites (N-methyl/N-ethyl adjacent to an activating group) is 1. The number of nitrogens with one attached hydrogen (secondary N) is 1. The van der Waals surface area contributed by atoms with Crippen LogP contribution in [0.15, 0.2) is 73.1 Å². The lowest BCUT2D eigenvalue weighted by Gasteiger charge is -2.41. The second kappa shape index (κ2) is 9.94. The first kappa shape index (κ1) is 22.0. The van der Waals surface area contributed by atoms with Gasteiger partial charge in [-0.25, -0.2) is 0 Å². The highest BCUT2D eigenvalue weighted by molar-refractivity contribution is 5.86. The van der Waals surface area contributed by atoms with E-state index in [1.54, 1.807) is 20.4 Å². The molecule has 166 valence electrons. The molecule has 1 N–H and O–H groups in total. The maximum Gasteiger partial charge on any atom is 0.253 e. The Hall–Kier alpha value is -3.22. The molecule has 1 aliphatic rings. The topological polar surface area (TPSA) is 63.7 Å². The number of benzene rings is 2. The summed E-state index contributed by atoms with van der Waals surface area (Å²) in [6, 6.07) is 20.3. The fourth-order valence-electron chi connectivity index (χ4n) is 4.25. The first-order chi connectivity index (χ1) is 15.6. The van der Waals surface area contributed by atoms with E-state index >= 15 is 0 Å². The maximum atomic E-state index is 13.0. The van der Waals surface area contributed by atoms with Gasteiger partial charge in [0, 0.05) is 45.5 Å². The Morgan fingerprint density at radius 1 is 1.12 bits per heavy atom. The number of rotatable bonds is 7. The molecule has 3 aromatic rings. The van der Waals surface area contributed by atoms with Gasteiger partial charge in [-0.05, 0) is 40.5 Å². The van der Waals surface area contributed by atoms with E-state index < -0.39 is 5.60 Å². The summed E-state index contributed by atoms with van der Waals surface area (Å²) in [7, 11) is 3.34. The number of methoxy groups -OCH3 is 1. The summed E-state index contributed by atoms with van der Waals surface area (Å²) in [5.41, 5.74) is 3.45. The molecular formula is C26H29N3O3. The van der Waals surface area contributed by atoms with Gasteiger partial charge in [-0.3, -0.25) is 14.7 Å². The minimum atomic E-state index is -0.929. The van der Waals surface area contributed by atoms with Gasteiger partial charge in [-0.1, -0.05) is 42.5 Å². The predicted octanol–water partition coefficient (Wildman–Crippen LogP) is 3.32. The predicted molar refractivity (Wildman–Crippen MR) is 124 cm³/mol. The minimum absolute atomic E-state index is 0.0934. The van der Waals surface area contributed by atoms with Gasteiger partial charge in [0.2, 0.25) is 0 Å². The molecule has 0 radical (unpaired) electrons. The van der Waals surface area contributed by atoms with Crippen molar-refractivity contribution in [3.8, 4) is 16.9 Å². The number of nitrogens with zero attached hydrogens (tertiary/aromatic N) is 2. The first-order valence-electron chi connectivity index (χ1n) is 10.8. The van der Waals surface area contributed by atoms with E-state index in [2.05, 4.69) is 45.5 Å². The minimum Gasteiger partial charge on any atom is -0.497 e. The van der Waals surface area contributed by atoms with Crippen LogP contribution in [-0.2, 0) is 22.5 Å². The largest absolute Gasteiger partial charge is 0.497 e. The number of hydrogen-bond donors (Lipinski definition) is 1. The fourth-order valence-corrected chi connectivity index (χ4v) is 4.25. The lowest BCUT2D eigenvalue weighted by Crippen LogP contribution is -2.60. The maximum absolute atomic E-state index is 13.0. The molecule has 1 unspecified atom stereocenters.